The van der Waals surface area contributed by atoms with Crippen LogP contribution >= 0.6 is 0 Å². The number of benzene rings is 2. The van der Waals surface area contributed by atoms with Crippen molar-refractivity contribution in [2.75, 3.05) is 13.7 Å². The van der Waals surface area contributed by atoms with Gasteiger partial charge in [-0.2, -0.15) is 5.26 Å². The van der Waals surface area contributed by atoms with Crippen molar-refractivity contribution >= 4 is 12.4 Å². The van der Waals surface area contributed by atoms with Gasteiger partial charge in [-0.05, 0) is 29.8 Å². The van der Waals surface area contributed by atoms with E-state index in [1.807, 2.05) is 30.3 Å². The van der Waals surface area contributed by atoms with E-state index in [2.05, 4.69) is 6.07 Å². The summed E-state index contributed by atoms with van der Waals surface area (Å²) in [6, 6.07) is 16.6. The summed E-state index contributed by atoms with van der Waals surface area (Å²) in [7, 11) is 1.53. The summed E-state index contributed by atoms with van der Waals surface area (Å²) in [6.45, 7) is 0.0958. The quantitative estimate of drug-likeness (QED) is 0.604. The Kier molecular flexibility index (Phi) is 5.33. The molecule has 0 bridgehead atoms. The third kappa shape index (κ3) is 3.97. The standard InChI is InChI=1S/C18H15NO3/c1-21-17-7-8-18(16(10-17)12-20)22-13-15(11-19)9-14-5-3-2-4-6-14/h2-10,12H,13H2,1H3/b15-9+. The second-order valence-corrected chi connectivity index (χ2v) is 4.50. The molecule has 0 aliphatic heterocycles. The summed E-state index contributed by atoms with van der Waals surface area (Å²) in [5.74, 6) is 1.000. The molecule has 0 heterocycles. The lowest BCUT2D eigenvalue weighted by atomic mass is 10.1. The average molecular weight is 293 g/mol. The number of nitriles is 1. The highest BCUT2D eigenvalue weighted by Crippen LogP contribution is 2.23. The number of hydrogen-bond acceptors (Lipinski definition) is 4. The molecule has 4 heteroatoms. The Morgan fingerprint density at radius 3 is 2.64 bits per heavy atom. The highest BCUT2D eigenvalue weighted by molar-refractivity contribution is 5.80. The van der Waals surface area contributed by atoms with Gasteiger partial charge in [-0.3, -0.25) is 4.79 Å². The number of carbonyl (C=O) groups excluding carboxylic acids is 1. The molecule has 0 saturated carbocycles. The summed E-state index contributed by atoms with van der Waals surface area (Å²) >= 11 is 0. The van der Waals surface area contributed by atoms with E-state index in [1.54, 1.807) is 24.3 Å². The summed E-state index contributed by atoms with van der Waals surface area (Å²) in [5.41, 5.74) is 1.78. The van der Waals surface area contributed by atoms with Crippen molar-refractivity contribution in [3.8, 4) is 17.6 Å². The van der Waals surface area contributed by atoms with Gasteiger partial charge in [0.15, 0.2) is 6.29 Å². The Labute approximate surface area is 129 Å². The van der Waals surface area contributed by atoms with Gasteiger partial charge in [-0.15, -0.1) is 0 Å². The normalized spacial score (nSPS) is 10.6. The van der Waals surface area contributed by atoms with Crippen LogP contribution in [-0.2, 0) is 0 Å². The van der Waals surface area contributed by atoms with Crippen LogP contribution in [0.25, 0.3) is 6.08 Å². The summed E-state index contributed by atoms with van der Waals surface area (Å²) in [6.07, 6.45) is 2.45. The van der Waals surface area contributed by atoms with E-state index < -0.39 is 0 Å². The molecule has 2 aromatic rings. The molecule has 0 aliphatic carbocycles. The molecule has 4 nitrogen and oxygen atoms in total. The fraction of sp³-hybridized carbons (Fsp3) is 0.111. The first-order chi connectivity index (χ1) is 10.8. The van der Waals surface area contributed by atoms with Crippen molar-refractivity contribution in [1.29, 1.82) is 5.26 Å². The van der Waals surface area contributed by atoms with E-state index in [-0.39, 0.29) is 6.61 Å². The van der Waals surface area contributed by atoms with Crippen molar-refractivity contribution in [3.63, 3.8) is 0 Å². The number of hydrogen-bond donors (Lipinski definition) is 0. The third-order valence-corrected chi connectivity index (χ3v) is 3.01. The fourth-order valence-corrected chi connectivity index (χ4v) is 1.89. The molecular formula is C18H15NO3. The van der Waals surface area contributed by atoms with E-state index in [1.165, 1.54) is 7.11 Å². The fourth-order valence-electron chi connectivity index (χ4n) is 1.89. The topological polar surface area (TPSA) is 59.3 Å². The molecule has 0 atom stereocenters. The zero-order valence-corrected chi connectivity index (χ0v) is 12.2. The van der Waals surface area contributed by atoms with Gasteiger partial charge in [0.25, 0.3) is 0 Å². The lowest BCUT2D eigenvalue weighted by Crippen LogP contribution is -2.02. The first-order valence-electron chi connectivity index (χ1n) is 6.68. The van der Waals surface area contributed by atoms with Crippen molar-refractivity contribution in [3.05, 3.63) is 65.2 Å². The number of methoxy groups -OCH3 is 1. The van der Waals surface area contributed by atoms with E-state index in [0.717, 1.165) is 5.56 Å². The SMILES string of the molecule is COc1ccc(OC/C(C#N)=C/c2ccccc2)c(C=O)c1. The van der Waals surface area contributed by atoms with Gasteiger partial charge in [0.05, 0.1) is 24.3 Å². The zero-order valence-electron chi connectivity index (χ0n) is 12.2. The molecule has 0 amide bonds. The molecule has 110 valence electrons. The smallest absolute Gasteiger partial charge is 0.153 e. The second kappa shape index (κ2) is 7.65. The maximum absolute atomic E-state index is 11.1. The molecule has 0 aliphatic rings. The minimum absolute atomic E-state index is 0.0958. The van der Waals surface area contributed by atoms with Gasteiger partial charge in [0, 0.05) is 0 Å². The van der Waals surface area contributed by atoms with Crippen LogP contribution in [0.15, 0.2) is 54.1 Å². The summed E-state index contributed by atoms with van der Waals surface area (Å²) in [5, 5.41) is 9.19. The maximum Gasteiger partial charge on any atom is 0.153 e. The molecule has 0 radical (unpaired) electrons. The third-order valence-electron chi connectivity index (χ3n) is 3.01. The number of aldehydes is 1. The largest absolute Gasteiger partial charge is 0.497 e. The Hall–Kier alpha value is -3.06. The number of rotatable bonds is 6. The zero-order chi connectivity index (χ0) is 15.8. The van der Waals surface area contributed by atoms with Gasteiger partial charge in [0.1, 0.15) is 18.1 Å². The van der Waals surface area contributed by atoms with Crippen LogP contribution in [0.1, 0.15) is 15.9 Å². The highest BCUT2D eigenvalue weighted by atomic mass is 16.5. The summed E-state index contributed by atoms with van der Waals surface area (Å²) < 4.78 is 10.6. The predicted octanol–water partition coefficient (Wildman–Crippen LogP) is 3.49. The number of carbonyl (C=O) groups is 1. The van der Waals surface area contributed by atoms with Crippen LogP contribution in [0, 0.1) is 11.3 Å². The summed E-state index contributed by atoms with van der Waals surface area (Å²) in [4.78, 5) is 11.1. The molecular weight excluding hydrogens is 278 g/mol. The molecule has 0 N–H and O–H groups in total. The second-order valence-electron chi connectivity index (χ2n) is 4.50. The molecule has 0 saturated heterocycles. The van der Waals surface area contributed by atoms with Crippen molar-refractivity contribution in [2.24, 2.45) is 0 Å². The van der Waals surface area contributed by atoms with E-state index >= 15 is 0 Å². The number of ether oxygens (including phenoxy) is 2. The van der Waals surface area contributed by atoms with Gasteiger partial charge in [-0.1, -0.05) is 30.3 Å². The van der Waals surface area contributed by atoms with Gasteiger partial charge >= 0.3 is 0 Å². The number of nitrogens with zero attached hydrogens (tertiary/aromatic N) is 1. The first kappa shape index (κ1) is 15.3. The van der Waals surface area contributed by atoms with Crippen LogP contribution in [0.2, 0.25) is 0 Å². The van der Waals surface area contributed by atoms with E-state index in [0.29, 0.717) is 28.9 Å². The molecule has 2 rings (SSSR count). The minimum Gasteiger partial charge on any atom is -0.497 e. The van der Waals surface area contributed by atoms with Crippen molar-refractivity contribution in [2.45, 2.75) is 0 Å². The first-order valence-corrected chi connectivity index (χ1v) is 6.68. The van der Waals surface area contributed by atoms with Crippen LogP contribution in [0.4, 0.5) is 0 Å². The molecule has 0 fully saturated rings. The highest BCUT2D eigenvalue weighted by Gasteiger charge is 2.06. The van der Waals surface area contributed by atoms with Gasteiger partial charge in [-0.25, -0.2) is 0 Å². The molecule has 0 unspecified atom stereocenters. The van der Waals surface area contributed by atoms with Gasteiger partial charge in [0.2, 0.25) is 0 Å². The van der Waals surface area contributed by atoms with Crippen molar-refractivity contribution in [1.82, 2.24) is 0 Å². The molecule has 22 heavy (non-hydrogen) atoms. The average Bonchev–Trinajstić information content (AvgIpc) is 2.59. The molecule has 0 spiro atoms. The lowest BCUT2D eigenvalue weighted by molar-refractivity contribution is 0.111. The Morgan fingerprint density at radius 1 is 1.23 bits per heavy atom. The van der Waals surface area contributed by atoms with Crippen LogP contribution < -0.4 is 9.47 Å². The van der Waals surface area contributed by atoms with Crippen LogP contribution in [-0.4, -0.2) is 20.0 Å². The maximum atomic E-state index is 11.1. The van der Waals surface area contributed by atoms with E-state index in [4.69, 9.17) is 9.47 Å². The molecule has 2 aromatic carbocycles. The Morgan fingerprint density at radius 2 is 2.00 bits per heavy atom. The van der Waals surface area contributed by atoms with Gasteiger partial charge < -0.3 is 9.47 Å². The monoisotopic (exact) mass is 293 g/mol. The predicted molar refractivity (Wildman–Crippen MR) is 83.9 cm³/mol. The lowest BCUT2D eigenvalue weighted by Gasteiger charge is -2.09. The Balaban J connectivity index is 2.13. The molecule has 0 aromatic heterocycles. The Bertz CT molecular complexity index is 715. The van der Waals surface area contributed by atoms with Crippen LogP contribution in [0.5, 0.6) is 11.5 Å². The van der Waals surface area contributed by atoms with Crippen LogP contribution in [0.3, 0.4) is 0 Å². The van der Waals surface area contributed by atoms with E-state index in [9.17, 15) is 10.1 Å². The van der Waals surface area contributed by atoms with Crippen molar-refractivity contribution < 1.29 is 14.3 Å². The minimum atomic E-state index is 0.0958.